The predicted octanol–water partition coefficient (Wildman–Crippen LogP) is 3.39. The Labute approximate surface area is 162 Å². The van der Waals surface area contributed by atoms with E-state index in [1.807, 2.05) is 0 Å². The Bertz CT molecular complexity index is 1130. The van der Waals surface area contributed by atoms with Gasteiger partial charge < -0.3 is 19.2 Å². The molecule has 0 aliphatic rings. The highest BCUT2D eigenvalue weighted by Gasteiger charge is 2.18. The number of methoxy groups -OCH3 is 1. The van der Waals surface area contributed by atoms with Gasteiger partial charge in [-0.2, -0.15) is 0 Å². The fourth-order valence-corrected chi connectivity index (χ4v) is 2.62. The Morgan fingerprint density at radius 3 is 2.71 bits per heavy atom. The van der Waals surface area contributed by atoms with Crippen LogP contribution in [0.2, 0.25) is 5.02 Å². The number of hydrogen-bond acceptors (Lipinski definition) is 6. The maximum atomic E-state index is 13.0. The molecule has 9 heteroatoms. The topological polar surface area (TPSA) is 94.8 Å². The first-order valence-electron chi connectivity index (χ1n) is 7.92. The molecule has 3 rings (SSSR count). The van der Waals surface area contributed by atoms with E-state index in [0.29, 0.717) is 11.1 Å². The van der Waals surface area contributed by atoms with E-state index < -0.39 is 29.9 Å². The number of ether oxygens (including phenoxy) is 2. The zero-order valence-corrected chi connectivity index (χ0v) is 15.2. The largest absolute Gasteiger partial charge is 0.493 e. The van der Waals surface area contributed by atoms with Crippen molar-refractivity contribution in [1.29, 1.82) is 0 Å². The molecular formula is C19H13ClFNO6. The molecular weight excluding hydrogens is 393 g/mol. The van der Waals surface area contributed by atoms with Crippen LogP contribution in [0.5, 0.6) is 5.75 Å². The number of para-hydroxylation sites is 1. The van der Waals surface area contributed by atoms with Crippen LogP contribution in [0.1, 0.15) is 10.4 Å². The number of halogens is 2. The molecule has 1 heterocycles. The molecule has 0 unspecified atom stereocenters. The monoisotopic (exact) mass is 405 g/mol. The van der Waals surface area contributed by atoms with Crippen molar-refractivity contribution < 1.29 is 27.9 Å². The molecule has 0 saturated heterocycles. The first-order valence-corrected chi connectivity index (χ1v) is 8.29. The van der Waals surface area contributed by atoms with Gasteiger partial charge in [-0.3, -0.25) is 4.79 Å². The third-order valence-corrected chi connectivity index (χ3v) is 4.02. The summed E-state index contributed by atoms with van der Waals surface area (Å²) in [6.45, 7) is -0.678. The van der Waals surface area contributed by atoms with E-state index in [0.717, 1.165) is 12.1 Å². The van der Waals surface area contributed by atoms with E-state index in [-0.39, 0.29) is 21.9 Å². The second-order valence-corrected chi connectivity index (χ2v) is 5.98. The van der Waals surface area contributed by atoms with Crippen molar-refractivity contribution in [2.75, 3.05) is 19.0 Å². The van der Waals surface area contributed by atoms with E-state index in [2.05, 4.69) is 5.32 Å². The van der Waals surface area contributed by atoms with Crippen LogP contribution in [-0.4, -0.2) is 25.6 Å². The van der Waals surface area contributed by atoms with Gasteiger partial charge in [0.15, 0.2) is 17.9 Å². The number of rotatable bonds is 5. The SMILES string of the molecule is COc1cccc2cc(C(=O)OCC(=O)Nc3ccc(F)cc3Cl)c(=O)oc12. The molecule has 7 nitrogen and oxygen atoms in total. The Morgan fingerprint density at radius 1 is 1.21 bits per heavy atom. The zero-order valence-electron chi connectivity index (χ0n) is 14.5. The van der Waals surface area contributed by atoms with E-state index in [1.54, 1.807) is 18.2 Å². The van der Waals surface area contributed by atoms with Crippen LogP contribution in [0.15, 0.2) is 51.7 Å². The summed E-state index contributed by atoms with van der Waals surface area (Å²) in [4.78, 5) is 36.1. The Balaban J connectivity index is 1.71. The molecule has 28 heavy (non-hydrogen) atoms. The van der Waals surface area contributed by atoms with Crippen molar-refractivity contribution in [3.05, 3.63) is 69.3 Å². The molecule has 144 valence electrons. The fourth-order valence-electron chi connectivity index (χ4n) is 2.41. The third kappa shape index (κ3) is 4.12. The third-order valence-electron chi connectivity index (χ3n) is 3.70. The minimum absolute atomic E-state index is 0.0104. The fraction of sp³-hybridized carbons (Fsp3) is 0.105. The summed E-state index contributed by atoms with van der Waals surface area (Å²) < 4.78 is 28.1. The molecule has 1 amide bonds. The molecule has 0 bridgehead atoms. The zero-order chi connectivity index (χ0) is 20.3. The van der Waals surface area contributed by atoms with Crippen molar-refractivity contribution in [3.8, 4) is 5.75 Å². The van der Waals surface area contributed by atoms with E-state index >= 15 is 0 Å². The van der Waals surface area contributed by atoms with Crippen molar-refractivity contribution in [2.45, 2.75) is 0 Å². The van der Waals surface area contributed by atoms with Gasteiger partial charge in [-0.1, -0.05) is 23.7 Å². The quantitative estimate of drug-likeness (QED) is 0.516. The van der Waals surface area contributed by atoms with Gasteiger partial charge in [0, 0.05) is 5.39 Å². The van der Waals surface area contributed by atoms with Gasteiger partial charge in [-0.05, 0) is 30.3 Å². The molecule has 1 N–H and O–H groups in total. The second kappa shape index (κ2) is 8.10. The lowest BCUT2D eigenvalue weighted by Gasteiger charge is -2.08. The summed E-state index contributed by atoms with van der Waals surface area (Å²) in [5, 5.41) is 2.81. The second-order valence-electron chi connectivity index (χ2n) is 5.57. The minimum atomic E-state index is -1.03. The molecule has 0 spiro atoms. The van der Waals surface area contributed by atoms with Gasteiger partial charge in [0.2, 0.25) is 0 Å². The van der Waals surface area contributed by atoms with Crippen LogP contribution < -0.4 is 15.7 Å². The average molecular weight is 406 g/mol. The predicted molar refractivity (Wildman–Crippen MR) is 99.4 cm³/mol. The van der Waals surface area contributed by atoms with Gasteiger partial charge in [-0.15, -0.1) is 0 Å². The maximum Gasteiger partial charge on any atom is 0.351 e. The average Bonchev–Trinajstić information content (AvgIpc) is 2.67. The van der Waals surface area contributed by atoms with Crippen LogP contribution in [0.25, 0.3) is 11.0 Å². The summed E-state index contributed by atoms with van der Waals surface area (Å²) in [6.07, 6.45) is 0. The number of anilines is 1. The molecule has 0 saturated carbocycles. The van der Waals surface area contributed by atoms with Gasteiger partial charge >= 0.3 is 11.6 Å². The summed E-state index contributed by atoms with van der Waals surface area (Å²) in [7, 11) is 1.42. The number of carbonyl (C=O) groups excluding carboxylic acids is 2. The molecule has 0 radical (unpaired) electrons. The molecule has 0 aliphatic carbocycles. The Hall–Kier alpha value is -3.39. The highest BCUT2D eigenvalue weighted by molar-refractivity contribution is 6.33. The van der Waals surface area contributed by atoms with Crippen LogP contribution in [-0.2, 0) is 9.53 Å². The number of carbonyl (C=O) groups is 2. The number of nitrogens with one attached hydrogen (secondary N) is 1. The van der Waals surface area contributed by atoms with E-state index in [4.69, 9.17) is 25.5 Å². The molecule has 1 aromatic heterocycles. The highest BCUT2D eigenvalue weighted by Crippen LogP contribution is 2.25. The van der Waals surface area contributed by atoms with Crippen molar-refractivity contribution >= 4 is 40.1 Å². The first-order chi connectivity index (χ1) is 13.4. The van der Waals surface area contributed by atoms with Crippen LogP contribution in [0.3, 0.4) is 0 Å². The lowest BCUT2D eigenvalue weighted by molar-refractivity contribution is -0.119. The van der Waals surface area contributed by atoms with Gasteiger partial charge in [-0.25, -0.2) is 14.0 Å². The number of fused-ring (bicyclic) bond motifs is 1. The number of benzene rings is 2. The van der Waals surface area contributed by atoms with Crippen molar-refractivity contribution in [2.24, 2.45) is 0 Å². The minimum Gasteiger partial charge on any atom is -0.493 e. The Morgan fingerprint density at radius 2 is 2.00 bits per heavy atom. The lowest BCUT2D eigenvalue weighted by atomic mass is 10.2. The Kier molecular flexibility index (Phi) is 5.60. The summed E-state index contributed by atoms with van der Waals surface area (Å²) in [5.74, 6) is -1.97. The lowest BCUT2D eigenvalue weighted by Crippen LogP contribution is -2.23. The molecule has 0 fully saturated rings. The normalized spacial score (nSPS) is 10.5. The summed E-state index contributed by atoms with van der Waals surface area (Å²) >= 11 is 5.81. The highest BCUT2D eigenvalue weighted by atomic mass is 35.5. The van der Waals surface area contributed by atoms with Crippen LogP contribution in [0.4, 0.5) is 10.1 Å². The van der Waals surface area contributed by atoms with Gasteiger partial charge in [0.25, 0.3) is 5.91 Å². The van der Waals surface area contributed by atoms with Crippen LogP contribution >= 0.6 is 11.6 Å². The van der Waals surface area contributed by atoms with Crippen LogP contribution in [0, 0.1) is 5.82 Å². The van der Waals surface area contributed by atoms with E-state index in [9.17, 15) is 18.8 Å². The van der Waals surface area contributed by atoms with Gasteiger partial charge in [0.05, 0.1) is 17.8 Å². The number of amides is 1. The maximum absolute atomic E-state index is 13.0. The first kappa shape index (κ1) is 19.4. The number of esters is 1. The smallest absolute Gasteiger partial charge is 0.351 e. The molecule has 0 atom stereocenters. The van der Waals surface area contributed by atoms with Crippen molar-refractivity contribution in [3.63, 3.8) is 0 Å². The van der Waals surface area contributed by atoms with Crippen molar-refractivity contribution in [1.82, 2.24) is 0 Å². The molecule has 3 aromatic rings. The standard InChI is InChI=1S/C19H13ClFNO6/c1-26-15-4-2-3-10-7-12(19(25)28-17(10)15)18(24)27-9-16(23)22-14-6-5-11(21)8-13(14)20/h2-8H,9H2,1H3,(H,22,23). The summed E-state index contributed by atoms with van der Waals surface area (Å²) in [6, 6.07) is 9.59. The summed E-state index contributed by atoms with van der Waals surface area (Å²) in [5.41, 5.74) is -0.950. The molecule has 0 aliphatic heterocycles. The van der Waals surface area contributed by atoms with Gasteiger partial charge in [0.1, 0.15) is 11.4 Å². The molecule has 2 aromatic carbocycles. The number of hydrogen-bond donors (Lipinski definition) is 1. The van der Waals surface area contributed by atoms with E-state index in [1.165, 1.54) is 19.2 Å².